The summed E-state index contributed by atoms with van der Waals surface area (Å²) >= 11 is 1.86. The molecule has 0 bridgehead atoms. The molecular formula is C50H30N2O2S. The molecule has 0 atom stereocenters. The van der Waals surface area contributed by atoms with Crippen molar-refractivity contribution in [3.05, 3.63) is 182 Å². The zero-order chi connectivity index (χ0) is 36.0. The molecule has 0 saturated carbocycles. The van der Waals surface area contributed by atoms with Crippen LogP contribution in [0.3, 0.4) is 0 Å². The molecule has 0 saturated heterocycles. The van der Waals surface area contributed by atoms with Gasteiger partial charge in [-0.1, -0.05) is 109 Å². The minimum absolute atomic E-state index is 0.847. The highest BCUT2D eigenvalue weighted by Crippen LogP contribution is 2.46. The molecule has 4 aromatic heterocycles. The highest BCUT2D eigenvalue weighted by Gasteiger charge is 2.22. The molecule has 5 heteroatoms. The molecule has 0 aliphatic rings. The van der Waals surface area contributed by atoms with E-state index in [0.717, 1.165) is 66.5 Å². The summed E-state index contributed by atoms with van der Waals surface area (Å²) in [5.74, 6) is 0. The Morgan fingerprint density at radius 1 is 0.436 bits per heavy atom. The molecule has 0 unspecified atom stereocenters. The zero-order valence-corrected chi connectivity index (χ0v) is 30.3. The van der Waals surface area contributed by atoms with E-state index in [9.17, 15) is 0 Å². The monoisotopic (exact) mass is 722 g/mol. The third-order valence-electron chi connectivity index (χ3n) is 11.0. The first-order chi connectivity index (χ1) is 27.3. The van der Waals surface area contributed by atoms with Crippen LogP contribution in [0, 0.1) is 0 Å². The third-order valence-corrected chi connectivity index (χ3v) is 12.1. The average molecular weight is 723 g/mol. The highest BCUT2D eigenvalue weighted by atomic mass is 32.1. The number of rotatable bonds is 5. The molecule has 0 aliphatic carbocycles. The molecule has 55 heavy (non-hydrogen) atoms. The molecule has 0 fully saturated rings. The van der Waals surface area contributed by atoms with Crippen molar-refractivity contribution in [2.24, 2.45) is 0 Å². The number of thiophene rings is 1. The van der Waals surface area contributed by atoms with E-state index in [1.54, 1.807) is 0 Å². The maximum absolute atomic E-state index is 6.59. The first-order valence-electron chi connectivity index (χ1n) is 18.5. The Balaban J connectivity index is 1.000. The first kappa shape index (κ1) is 30.4. The predicted octanol–water partition coefficient (Wildman–Crippen LogP) is 14.9. The van der Waals surface area contributed by atoms with Crippen molar-refractivity contribution in [2.75, 3.05) is 4.90 Å². The number of nitrogens with zero attached hydrogens (tertiary/aromatic N) is 2. The van der Waals surface area contributed by atoms with Gasteiger partial charge in [0.1, 0.15) is 21.6 Å². The van der Waals surface area contributed by atoms with Gasteiger partial charge in [-0.3, -0.25) is 0 Å². The van der Waals surface area contributed by atoms with E-state index in [-0.39, 0.29) is 0 Å². The zero-order valence-electron chi connectivity index (χ0n) is 29.4. The summed E-state index contributed by atoms with van der Waals surface area (Å²) in [6.45, 7) is 0. The van der Waals surface area contributed by atoms with Crippen molar-refractivity contribution in [3.63, 3.8) is 0 Å². The van der Waals surface area contributed by atoms with Crippen molar-refractivity contribution < 1.29 is 8.83 Å². The molecule has 8 aromatic carbocycles. The number of aromatic nitrogens is 1. The lowest BCUT2D eigenvalue weighted by atomic mass is 10.0. The third kappa shape index (κ3) is 4.57. The standard InChI is InChI=1S/C50H30N2O2S/c1-2-11-33(12-3-1)52-42-17-7-4-15-40(42)48-41-27-23-32(29-47(41)55-50(48)52)31-21-24-34(25-22-31)51(35-26-28-38-36-13-5-8-19-44(36)53-46(38)30-35)43-18-10-16-39-37-14-6-9-20-45(37)54-49(39)43/h1-30H. The van der Waals surface area contributed by atoms with Crippen LogP contribution in [0.15, 0.2) is 191 Å². The Labute approximate surface area is 319 Å². The lowest BCUT2D eigenvalue weighted by Gasteiger charge is -2.25. The van der Waals surface area contributed by atoms with Crippen molar-refractivity contribution in [1.82, 2.24) is 4.57 Å². The van der Waals surface area contributed by atoms with E-state index < -0.39 is 0 Å². The smallest absolute Gasteiger partial charge is 0.159 e. The molecule has 12 aromatic rings. The van der Waals surface area contributed by atoms with Gasteiger partial charge in [0.05, 0.1) is 16.9 Å². The Bertz CT molecular complexity index is 3440. The van der Waals surface area contributed by atoms with E-state index in [2.05, 4.69) is 167 Å². The second kappa shape index (κ2) is 11.7. The Kier molecular flexibility index (Phi) is 6.47. The summed E-state index contributed by atoms with van der Waals surface area (Å²) in [5.41, 5.74) is 11.2. The minimum atomic E-state index is 0.847. The number of benzene rings is 8. The van der Waals surface area contributed by atoms with E-state index in [1.807, 2.05) is 35.6 Å². The van der Waals surface area contributed by atoms with Gasteiger partial charge in [0.15, 0.2) is 5.58 Å². The van der Waals surface area contributed by atoms with Gasteiger partial charge in [0.2, 0.25) is 0 Å². The van der Waals surface area contributed by atoms with Gasteiger partial charge >= 0.3 is 0 Å². The van der Waals surface area contributed by atoms with E-state index in [4.69, 9.17) is 8.83 Å². The fraction of sp³-hybridized carbons (Fsp3) is 0. The van der Waals surface area contributed by atoms with Crippen molar-refractivity contribution in [2.45, 2.75) is 0 Å². The van der Waals surface area contributed by atoms with Gasteiger partial charge in [-0.2, -0.15) is 0 Å². The highest BCUT2D eigenvalue weighted by molar-refractivity contribution is 7.25. The van der Waals surface area contributed by atoms with Crippen LogP contribution in [0.2, 0.25) is 0 Å². The summed E-state index contributed by atoms with van der Waals surface area (Å²) in [4.78, 5) is 3.55. The number of hydrogen-bond acceptors (Lipinski definition) is 4. The van der Waals surface area contributed by atoms with Crippen LogP contribution in [-0.2, 0) is 0 Å². The molecule has 258 valence electrons. The topological polar surface area (TPSA) is 34.5 Å². The molecular weight excluding hydrogens is 693 g/mol. The summed E-state index contributed by atoms with van der Waals surface area (Å²) in [6.07, 6.45) is 0. The maximum Gasteiger partial charge on any atom is 0.159 e. The quantitative estimate of drug-likeness (QED) is 0.177. The lowest BCUT2D eigenvalue weighted by molar-refractivity contribution is 0.667. The number of hydrogen-bond donors (Lipinski definition) is 0. The average Bonchev–Trinajstić information content (AvgIpc) is 3.99. The molecule has 0 aliphatic heterocycles. The molecule has 4 heterocycles. The molecule has 0 radical (unpaired) electrons. The molecule has 12 rings (SSSR count). The number of anilines is 3. The number of furan rings is 2. The SMILES string of the molecule is c1ccc(-n2c3ccccc3c3c4ccc(-c5ccc(N(c6ccc7c(c6)oc6ccccc67)c6cccc7c6oc6ccccc67)cc5)cc4sc32)cc1. The van der Waals surface area contributed by atoms with Crippen LogP contribution in [-0.4, -0.2) is 4.57 Å². The maximum atomic E-state index is 6.59. The Hall–Kier alpha value is -7.08. The van der Waals surface area contributed by atoms with Crippen LogP contribution in [0.5, 0.6) is 0 Å². The van der Waals surface area contributed by atoms with Crippen LogP contribution >= 0.6 is 11.3 Å². The second-order valence-corrected chi connectivity index (χ2v) is 15.1. The van der Waals surface area contributed by atoms with Crippen LogP contribution < -0.4 is 4.90 Å². The van der Waals surface area contributed by atoms with Gasteiger partial charge in [0, 0.05) is 59.8 Å². The van der Waals surface area contributed by atoms with Gasteiger partial charge in [-0.05, 0) is 77.9 Å². The minimum Gasteiger partial charge on any atom is -0.456 e. The van der Waals surface area contributed by atoms with Crippen LogP contribution in [0.1, 0.15) is 0 Å². The summed E-state index contributed by atoms with van der Waals surface area (Å²) in [5, 5.41) is 8.30. The fourth-order valence-corrected chi connectivity index (χ4v) is 9.79. The predicted molar refractivity (Wildman–Crippen MR) is 231 cm³/mol. The van der Waals surface area contributed by atoms with Crippen molar-refractivity contribution in [1.29, 1.82) is 0 Å². The molecule has 4 nitrogen and oxygen atoms in total. The van der Waals surface area contributed by atoms with Gasteiger partial charge < -0.3 is 18.3 Å². The molecule has 0 amide bonds. The summed E-state index contributed by atoms with van der Waals surface area (Å²) < 4.78 is 16.7. The van der Waals surface area contributed by atoms with Gasteiger partial charge in [-0.25, -0.2) is 0 Å². The van der Waals surface area contributed by atoms with Crippen LogP contribution in [0.25, 0.3) is 91.9 Å². The fourth-order valence-electron chi connectivity index (χ4n) is 8.50. The normalized spacial score (nSPS) is 12.0. The number of fused-ring (bicyclic) bond motifs is 11. The van der Waals surface area contributed by atoms with Crippen LogP contribution in [0.4, 0.5) is 17.1 Å². The van der Waals surface area contributed by atoms with Gasteiger partial charge in [-0.15, -0.1) is 11.3 Å². The second-order valence-electron chi connectivity index (χ2n) is 14.1. The Morgan fingerprint density at radius 3 is 1.91 bits per heavy atom. The molecule has 0 spiro atoms. The summed E-state index contributed by atoms with van der Waals surface area (Å²) in [6, 6.07) is 64.6. The van der Waals surface area contributed by atoms with Crippen molar-refractivity contribution in [3.8, 4) is 16.8 Å². The first-order valence-corrected chi connectivity index (χ1v) is 19.3. The van der Waals surface area contributed by atoms with E-state index in [0.29, 0.717) is 0 Å². The number of para-hydroxylation sites is 5. The van der Waals surface area contributed by atoms with E-state index >= 15 is 0 Å². The lowest BCUT2D eigenvalue weighted by Crippen LogP contribution is -2.10. The van der Waals surface area contributed by atoms with Crippen molar-refractivity contribution >= 4 is 103 Å². The molecule has 0 N–H and O–H groups in total. The largest absolute Gasteiger partial charge is 0.456 e. The summed E-state index contributed by atoms with van der Waals surface area (Å²) in [7, 11) is 0. The van der Waals surface area contributed by atoms with Gasteiger partial charge in [0.25, 0.3) is 0 Å². The Morgan fingerprint density at radius 2 is 1.07 bits per heavy atom. The van der Waals surface area contributed by atoms with E-state index in [1.165, 1.54) is 42.5 Å².